The number of alkyl halides is 3. The standard InChI is InChI=1S/C25H21F3N6O4/c26-25(27,28)14-38-21-10-20-19(9-15(21)12-29)30-22(31-20)11-18-16-3-1-2-4-17(16)24(36)34(32-18)13-23(35)33-5-7-37-8-6-33/h1-4,9-10H,5-8,11,13-14H2,(H,30,31). The van der Waals surface area contributed by atoms with Crippen LogP contribution in [0.15, 0.2) is 41.2 Å². The summed E-state index contributed by atoms with van der Waals surface area (Å²) in [6, 6.07) is 11.3. The molecule has 196 valence electrons. The van der Waals surface area contributed by atoms with Crippen molar-refractivity contribution in [2.75, 3.05) is 32.9 Å². The van der Waals surface area contributed by atoms with Crippen LogP contribution in [0.2, 0.25) is 0 Å². The van der Waals surface area contributed by atoms with Crippen LogP contribution >= 0.6 is 0 Å². The molecule has 1 N–H and O–H groups in total. The molecule has 2 aromatic heterocycles. The van der Waals surface area contributed by atoms with Gasteiger partial charge in [-0.3, -0.25) is 9.59 Å². The van der Waals surface area contributed by atoms with Gasteiger partial charge in [0.15, 0.2) is 6.61 Å². The molecule has 1 saturated heterocycles. The molecule has 0 radical (unpaired) electrons. The van der Waals surface area contributed by atoms with Crippen LogP contribution in [0.3, 0.4) is 0 Å². The van der Waals surface area contributed by atoms with E-state index in [-0.39, 0.29) is 30.2 Å². The minimum absolute atomic E-state index is 0.0734. The summed E-state index contributed by atoms with van der Waals surface area (Å²) in [6.07, 6.45) is -4.43. The van der Waals surface area contributed by atoms with Crippen molar-refractivity contribution in [1.82, 2.24) is 24.6 Å². The van der Waals surface area contributed by atoms with Gasteiger partial charge in [0, 0.05) is 24.5 Å². The maximum Gasteiger partial charge on any atom is 0.422 e. The Labute approximate surface area is 213 Å². The van der Waals surface area contributed by atoms with Gasteiger partial charge in [-0.05, 0) is 12.1 Å². The van der Waals surface area contributed by atoms with Gasteiger partial charge in [0.2, 0.25) is 5.91 Å². The first kappa shape index (κ1) is 25.2. The Morgan fingerprint density at radius 3 is 2.63 bits per heavy atom. The average molecular weight is 526 g/mol. The number of ether oxygens (including phenoxy) is 2. The number of aromatic amines is 1. The number of imidazole rings is 1. The van der Waals surface area contributed by atoms with Crippen LogP contribution in [0, 0.1) is 11.3 Å². The van der Waals surface area contributed by atoms with Gasteiger partial charge in [0.25, 0.3) is 5.56 Å². The van der Waals surface area contributed by atoms with Crippen LogP contribution in [-0.2, 0) is 22.5 Å². The third-order valence-electron chi connectivity index (χ3n) is 6.07. The van der Waals surface area contributed by atoms with Crippen molar-refractivity contribution in [3.63, 3.8) is 0 Å². The van der Waals surface area contributed by atoms with E-state index < -0.39 is 18.3 Å². The van der Waals surface area contributed by atoms with Crippen molar-refractivity contribution in [3.05, 3.63) is 63.8 Å². The Morgan fingerprint density at radius 2 is 1.92 bits per heavy atom. The number of nitrogens with zero attached hydrogens (tertiary/aromatic N) is 5. The number of amides is 1. The molecule has 1 fully saturated rings. The van der Waals surface area contributed by atoms with Crippen molar-refractivity contribution in [3.8, 4) is 11.8 Å². The van der Waals surface area contributed by atoms with Gasteiger partial charge >= 0.3 is 6.18 Å². The molecule has 1 amide bonds. The van der Waals surface area contributed by atoms with Crippen molar-refractivity contribution < 1.29 is 27.4 Å². The second kappa shape index (κ2) is 10.1. The highest BCUT2D eigenvalue weighted by atomic mass is 19.4. The van der Waals surface area contributed by atoms with Crippen LogP contribution in [0.5, 0.6) is 5.75 Å². The van der Waals surface area contributed by atoms with Gasteiger partial charge in [-0.15, -0.1) is 0 Å². The summed E-state index contributed by atoms with van der Waals surface area (Å²) in [4.78, 5) is 35.0. The first-order valence-electron chi connectivity index (χ1n) is 11.7. The lowest BCUT2D eigenvalue weighted by molar-refractivity contribution is -0.153. The second-order valence-electron chi connectivity index (χ2n) is 8.69. The molecule has 0 saturated carbocycles. The van der Waals surface area contributed by atoms with E-state index in [1.54, 1.807) is 29.2 Å². The fraction of sp³-hybridized carbons (Fsp3) is 0.320. The molecule has 0 aliphatic carbocycles. The molecule has 10 nitrogen and oxygen atoms in total. The van der Waals surface area contributed by atoms with E-state index in [2.05, 4.69) is 15.1 Å². The first-order chi connectivity index (χ1) is 18.2. The molecule has 0 unspecified atom stereocenters. The van der Waals surface area contributed by atoms with Gasteiger partial charge in [-0.2, -0.15) is 23.5 Å². The molecule has 5 rings (SSSR count). The number of carbonyl (C=O) groups is 1. The van der Waals surface area contributed by atoms with E-state index in [9.17, 15) is 28.0 Å². The molecular formula is C25H21F3N6O4. The number of hydrogen-bond acceptors (Lipinski definition) is 7. The summed E-state index contributed by atoms with van der Waals surface area (Å²) in [7, 11) is 0. The zero-order valence-corrected chi connectivity index (χ0v) is 19.9. The number of benzene rings is 2. The van der Waals surface area contributed by atoms with Crippen molar-refractivity contribution in [2.24, 2.45) is 0 Å². The van der Waals surface area contributed by atoms with Crippen LogP contribution in [0.4, 0.5) is 13.2 Å². The zero-order valence-electron chi connectivity index (χ0n) is 19.9. The van der Waals surface area contributed by atoms with E-state index in [1.807, 2.05) is 6.07 Å². The Bertz CT molecular complexity index is 1620. The number of nitrogens with one attached hydrogen (secondary N) is 1. The molecule has 13 heteroatoms. The monoisotopic (exact) mass is 526 g/mol. The van der Waals surface area contributed by atoms with Gasteiger partial charge in [0.05, 0.1) is 47.3 Å². The van der Waals surface area contributed by atoms with Crippen LogP contribution in [0.1, 0.15) is 17.1 Å². The van der Waals surface area contributed by atoms with Gasteiger partial charge in [0.1, 0.15) is 24.2 Å². The third kappa shape index (κ3) is 5.30. The summed E-state index contributed by atoms with van der Waals surface area (Å²) >= 11 is 0. The molecule has 0 bridgehead atoms. The van der Waals surface area contributed by atoms with Crippen LogP contribution in [0.25, 0.3) is 21.8 Å². The third-order valence-corrected chi connectivity index (χ3v) is 6.07. The van der Waals surface area contributed by atoms with Gasteiger partial charge in [-0.1, -0.05) is 18.2 Å². The van der Waals surface area contributed by atoms with E-state index in [4.69, 9.17) is 9.47 Å². The number of carbonyl (C=O) groups excluding carboxylic acids is 1. The molecule has 4 aromatic rings. The topological polar surface area (TPSA) is 126 Å². The van der Waals surface area contributed by atoms with Gasteiger partial charge < -0.3 is 19.4 Å². The molecule has 2 aromatic carbocycles. The average Bonchev–Trinajstić information content (AvgIpc) is 3.30. The summed E-state index contributed by atoms with van der Waals surface area (Å²) in [5.41, 5.74) is 0.729. The van der Waals surface area contributed by atoms with Crippen molar-refractivity contribution >= 4 is 27.7 Å². The number of fused-ring (bicyclic) bond motifs is 2. The lowest BCUT2D eigenvalue weighted by Gasteiger charge is -2.26. The lowest BCUT2D eigenvalue weighted by atomic mass is 10.1. The Morgan fingerprint density at radius 1 is 1.18 bits per heavy atom. The molecule has 3 heterocycles. The maximum absolute atomic E-state index is 13.1. The molecule has 38 heavy (non-hydrogen) atoms. The fourth-order valence-electron chi connectivity index (χ4n) is 4.28. The zero-order chi connectivity index (χ0) is 26.9. The molecule has 0 spiro atoms. The van der Waals surface area contributed by atoms with E-state index >= 15 is 0 Å². The number of nitriles is 1. The summed E-state index contributed by atoms with van der Waals surface area (Å²) in [6.45, 7) is -0.0365. The fourth-order valence-corrected chi connectivity index (χ4v) is 4.28. The Hall–Kier alpha value is -4.44. The van der Waals surface area contributed by atoms with Crippen molar-refractivity contribution in [2.45, 2.75) is 19.1 Å². The van der Waals surface area contributed by atoms with E-state index in [0.717, 1.165) is 4.68 Å². The summed E-state index contributed by atoms with van der Waals surface area (Å²) in [5.74, 6) is -0.0726. The largest absolute Gasteiger partial charge is 0.483 e. The maximum atomic E-state index is 13.1. The second-order valence-corrected chi connectivity index (χ2v) is 8.69. The Kier molecular flexibility index (Phi) is 6.73. The smallest absolute Gasteiger partial charge is 0.422 e. The number of H-pyrrole nitrogens is 1. The highest BCUT2D eigenvalue weighted by Crippen LogP contribution is 2.27. The number of morpholine rings is 1. The SMILES string of the molecule is N#Cc1cc2[nH]c(Cc3nn(CC(=O)N4CCOCC4)c(=O)c4ccccc34)nc2cc1OCC(F)(F)F. The quantitative estimate of drug-likeness (QED) is 0.409. The van der Waals surface area contributed by atoms with E-state index in [0.29, 0.717) is 59.6 Å². The Balaban J connectivity index is 1.48. The van der Waals surface area contributed by atoms with Gasteiger partial charge in [-0.25, -0.2) is 9.67 Å². The van der Waals surface area contributed by atoms with Crippen molar-refractivity contribution in [1.29, 1.82) is 5.26 Å². The summed E-state index contributed by atoms with van der Waals surface area (Å²) < 4.78 is 49.1. The van der Waals surface area contributed by atoms with E-state index in [1.165, 1.54) is 12.1 Å². The number of hydrogen-bond donors (Lipinski definition) is 1. The number of aromatic nitrogens is 4. The normalized spacial score (nSPS) is 14.1. The predicted molar refractivity (Wildman–Crippen MR) is 129 cm³/mol. The predicted octanol–water partition coefficient (Wildman–Crippen LogP) is 2.54. The molecular weight excluding hydrogens is 505 g/mol. The van der Waals surface area contributed by atoms with Crippen LogP contribution < -0.4 is 10.3 Å². The highest BCUT2D eigenvalue weighted by Gasteiger charge is 2.29. The van der Waals surface area contributed by atoms with Crippen LogP contribution in [-0.4, -0.2) is 69.6 Å². The summed E-state index contributed by atoms with van der Waals surface area (Å²) in [5, 5.41) is 14.8. The number of halogens is 3. The first-order valence-corrected chi connectivity index (χ1v) is 11.7. The highest BCUT2D eigenvalue weighted by molar-refractivity contribution is 5.85. The minimum Gasteiger partial charge on any atom is -0.483 e. The lowest BCUT2D eigenvalue weighted by Crippen LogP contribution is -2.43. The molecule has 1 aliphatic heterocycles. The molecule has 0 atom stereocenters. The minimum atomic E-state index is -4.56. The molecule has 1 aliphatic rings. The number of rotatable bonds is 6.